The third kappa shape index (κ3) is 4.40. The van der Waals surface area contributed by atoms with Gasteiger partial charge in [0.2, 0.25) is 0 Å². The highest BCUT2D eigenvalue weighted by molar-refractivity contribution is 5.87. The van der Waals surface area contributed by atoms with Crippen LogP contribution >= 0.6 is 0 Å². The molecule has 3 rings (SSSR count). The van der Waals surface area contributed by atoms with Gasteiger partial charge >= 0.3 is 6.03 Å². The zero-order valence-electron chi connectivity index (χ0n) is 14.3. The van der Waals surface area contributed by atoms with Crippen molar-refractivity contribution in [1.82, 2.24) is 20.4 Å². The minimum atomic E-state index is -0.660. The van der Waals surface area contributed by atoms with Gasteiger partial charge in [0.1, 0.15) is 12.4 Å². The van der Waals surface area contributed by atoms with Crippen molar-refractivity contribution in [2.45, 2.75) is 19.4 Å². The number of morpholine rings is 1. The number of nitrogens with one attached hydrogen (secondary N) is 2. The van der Waals surface area contributed by atoms with Crippen LogP contribution in [0.1, 0.15) is 12.1 Å². The van der Waals surface area contributed by atoms with E-state index in [1.807, 2.05) is 25.1 Å². The summed E-state index contributed by atoms with van der Waals surface area (Å²) in [6.07, 6.45) is -0.233. The Labute approximate surface area is 146 Å². The Balaban J connectivity index is 1.42. The molecular formula is C17H24N4O4. The normalized spacial score (nSPS) is 16.0. The maximum absolute atomic E-state index is 11.9. The third-order valence-electron chi connectivity index (χ3n) is 4.21. The number of H-pyrrole nitrogens is 1. The highest BCUT2D eigenvalue weighted by atomic mass is 16.5. The van der Waals surface area contributed by atoms with E-state index in [0.29, 0.717) is 45.0 Å². The van der Waals surface area contributed by atoms with Gasteiger partial charge in [-0.05, 0) is 25.5 Å². The van der Waals surface area contributed by atoms with Crippen LogP contribution in [0.25, 0.3) is 10.9 Å². The molecule has 0 unspecified atom stereocenters. The second-order valence-corrected chi connectivity index (χ2v) is 6.08. The van der Waals surface area contributed by atoms with Gasteiger partial charge in [-0.15, -0.1) is 0 Å². The predicted octanol–water partition coefficient (Wildman–Crippen LogP) is 1.04. The Kier molecular flexibility index (Phi) is 5.72. The Hall–Kier alpha value is -2.32. The van der Waals surface area contributed by atoms with Crippen molar-refractivity contribution in [3.8, 4) is 5.75 Å². The first-order valence-electron chi connectivity index (χ1n) is 8.50. The first kappa shape index (κ1) is 17.5. The summed E-state index contributed by atoms with van der Waals surface area (Å²) < 4.78 is 11.0. The van der Waals surface area contributed by atoms with E-state index in [-0.39, 0.29) is 12.6 Å². The lowest BCUT2D eigenvalue weighted by Gasteiger charge is -2.27. The standard InChI is InChI=1S/C17H24N4O4/c1-12-16-14(20-19-12)3-2-4-15(16)25-11-13(22)5-6-18-17(23)21-7-9-24-10-8-21/h2-4,13,22H,5-11H2,1H3,(H,18,23)(H,19,20)/t13-/m0/s1. The van der Waals surface area contributed by atoms with Crippen molar-refractivity contribution in [1.29, 1.82) is 0 Å². The molecule has 25 heavy (non-hydrogen) atoms. The summed E-state index contributed by atoms with van der Waals surface area (Å²) in [4.78, 5) is 13.7. The molecule has 1 fully saturated rings. The van der Waals surface area contributed by atoms with Crippen molar-refractivity contribution in [2.75, 3.05) is 39.5 Å². The number of amides is 2. The van der Waals surface area contributed by atoms with E-state index in [0.717, 1.165) is 16.6 Å². The second kappa shape index (κ2) is 8.17. The van der Waals surface area contributed by atoms with Crippen LogP contribution in [-0.4, -0.2) is 71.8 Å². The number of aliphatic hydroxyl groups is 1. The maximum atomic E-state index is 11.9. The van der Waals surface area contributed by atoms with Gasteiger partial charge in [0.05, 0.1) is 30.2 Å². The number of nitrogens with zero attached hydrogens (tertiary/aromatic N) is 2. The minimum Gasteiger partial charge on any atom is -0.490 e. The van der Waals surface area contributed by atoms with Crippen LogP contribution < -0.4 is 10.1 Å². The van der Waals surface area contributed by atoms with E-state index in [1.165, 1.54) is 0 Å². The number of urea groups is 1. The van der Waals surface area contributed by atoms with E-state index in [2.05, 4.69) is 15.5 Å². The fraction of sp³-hybridized carbons (Fsp3) is 0.529. The van der Waals surface area contributed by atoms with Crippen molar-refractivity contribution in [3.05, 3.63) is 23.9 Å². The predicted molar refractivity (Wildman–Crippen MR) is 92.7 cm³/mol. The molecule has 1 atom stereocenters. The average molecular weight is 348 g/mol. The van der Waals surface area contributed by atoms with Crippen LogP contribution in [0.2, 0.25) is 0 Å². The number of aryl methyl sites for hydroxylation is 1. The van der Waals surface area contributed by atoms with Gasteiger partial charge in [0, 0.05) is 25.3 Å². The van der Waals surface area contributed by atoms with E-state index in [9.17, 15) is 9.90 Å². The molecule has 2 heterocycles. The molecule has 1 aliphatic heterocycles. The van der Waals surface area contributed by atoms with Gasteiger partial charge in [-0.2, -0.15) is 5.10 Å². The molecule has 136 valence electrons. The molecule has 0 spiro atoms. The van der Waals surface area contributed by atoms with Crippen LogP contribution in [0.3, 0.4) is 0 Å². The fourth-order valence-corrected chi connectivity index (χ4v) is 2.80. The molecule has 3 N–H and O–H groups in total. The number of aromatic nitrogens is 2. The number of hydrogen-bond acceptors (Lipinski definition) is 5. The molecule has 1 aromatic heterocycles. The van der Waals surface area contributed by atoms with Gasteiger partial charge in [0.25, 0.3) is 0 Å². The average Bonchev–Trinajstić information content (AvgIpc) is 3.02. The number of aromatic amines is 1. The lowest BCUT2D eigenvalue weighted by molar-refractivity contribution is 0.0525. The molecule has 8 nitrogen and oxygen atoms in total. The Morgan fingerprint density at radius 3 is 3.08 bits per heavy atom. The number of aliphatic hydroxyl groups excluding tert-OH is 1. The van der Waals surface area contributed by atoms with Crippen LogP contribution in [0.5, 0.6) is 5.75 Å². The van der Waals surface area contributed by atoms with E-state index in [1.54, 1.807) is 4.90 Å². The second-order valence-electron chi connectivity index (χ2n) is 6.08. The zero-order valence-corrected chi connectivity index (χ0v) is 14.3. The zero-order chi connectivity index (χ0) is 17.6. The van der Waals surface area contributed by atoms with Crippen LogP contribution in [0, 0.1) is 6.92 Å². The number of rotatable bonds is 6. The van der Waals surface area contributed by atoms with Crippen molar-refractivity contribution in [3.63, 3.8) is 0 Å². The van der Waals surface area contributed by atoms with Gasteiger partial charge in [-0.1, -0.05) is 6.07 Å². The van der Waals surface area contributed by atoms with E-state index < -0.39 is 6.10 Å². The van der Waals surface area contributed by atoms with Gasteiger partial charge < -0.3 is 24.8 Å². The van der Waals surface area contributed by atoms with Gasteiger partial charge in [-0.3, -0.25) is 5.10 Å². The first-order chi connectivity index (χ1) is 12.1. The highest BCUT2D eigenvalue weighted by Gasteiger charge is 2.16. The molecular weight excluding hydrogens is 324 g/mol. The quantitative estimate of drug-likeness (QED) is 0.724. The van der Waals surface area contributed by atoms with Crippen molar-refractivity contribution in [2.24, 2.45) is 0 Å². The minimum absolute atomic E-state index is 0.116. The summed E-state index contributed by atoms with van der Waals surface area (Å²) in [5.41, 5.74) is 1.76. The molecule has 1 saturated heterocycles. The number of hydrogen-bond donors (Lipinski definition) is 3. The number of fused-ring (bicyclic) bond motifs is 1. The molecule has 0 aliphatic carbocycles. The Bertz CT molecular complexity index is 712. The van der Waals surface area contributed by atoms with Crippen LogP contribution in [-0.2, 0) is 4.74 Å². The lowest BCUT2D eigenvalue weighted by atomic mass is 10.2. The third-order valence-corrected chi connectivity index (χ3v) is 4.21. The summed E-state index contributed by atoms with van der Waals surface area (Å²) >= 11 is 0. The maximum Gasteiger partial charge on any atom is 0.317 e. The molecule has 2 amide bonds. The topological polar surface area (TPSA) is 99.7 Å². The molecule has 0 saturated carbocycles. The number of carbonyl (C=O) groups excluding carboxylic acids is 1. The summed E-state index contributed by atoms with van der Waals surface area (Å²) in [5.74, 6) is 0.695. The molecule has 2 aromatic rings. The van der Waals surface area contributed by atoms with E-state index >= 15 is 0 Å². The molecule has 0 bridgehead atoms. The highest BCUT2D eigenvalue weighted by Crippen LogP contribution is 2.26. The van der Waals surface area contributed by atoms with Crippen LogP contribution in [0.4, 0.5) is 4.79 Å². The van der Waals surface area contributed by atoms with Gasteiger partial charge in [0.15, 0.2) is 0 Å². The Morgan fingerprint density at radius 2 is 2.28 bits per heavy atom. The number of ether oxygens (including phenoxy) is 2. The number of carbonyl (C=O) groups is 1. The summed E-state index contributed by atoms with van der Waals surface area (Å²) in [7, 11) is 0. The molecule has 1 aliphatic rings. The molecule has 8 heteroatoms. The van der Waals surface area contributed by atoms with Crippen molar-refractivity contribution < 1.29 is 19.4 Å². The molecule has 0 radical (unpaired) electrons. The fourth-order valence-electron chi connectivity index (χ4n) is 2.80. The largest absolute Gasteiger partial charge is 0.490 e. The summed E-state index contributed by atoms with van der Waals surface area (Å²) in [6.45, 7) is 4.84. The molecule has 1 aromatic carbocycles. The smallest absolute Gasteiger partial charge is 0.317 e. The summed E-state index contributed by atoms with van der Waals surface area (Å²) in [6, 6.07) is 5.52. The van der Waals surface area contributed by atoms with Crippen LogP contribution in [0.15, 0.2) is 18.2 Å². The van der Waals surface area contributed by atoms with Gasteiger partial charge in [-0.25, -0.2) is 4.79 Å². The van der Waals surface area contributed by atoms with E-state index in [4.69, 9.17) is 9.47 Å². The first-order valence-corrected chi connectivity index (χ1v) is 8.50. The number of benzene rings is 1. The lowest BCUT2D eigenvalue weighted by Crippen LogP contribution is -2.46. The SMILES string of the molecule is Cc1[nH]nc2cccc(OC[C@@H](O)CCNC(=O)N3CCOCC3)c12. The Morgan fingerprint density at radius 1 is 1.48 bits per heavy atom. The summed E-state index contributed by atoms with van der Waals surface area (Å²) in [5, 5.41) is 21.0. The monoisotopic (exact) mass is 348 g/mol. The van der Waals surface area contributed by atoms with Crippen molar-refractivity contribution >= 4 is 16.9 Å².